The Bertz CT molecular complexity index is 1120. The van der Waals surface area contributed by atoms with Gasteiger partial charge in [-0.3, -0.25) is 13.9 Å². The third kappa shape index (κ3) is 4.71. The van der Waals surface area contributed by atoms with Gasteiger partial charge in [0.25, 0.3) is 5.91 Å². The van der Waals surface area contributed by atoms with Crippen molar-refractivity contribution in [2.24, 2.45) is 0 Å². The zero-order chi connectivity index (χ0) is 22.2. The van der Waals surface area contributed by atoms with Crippen LogP contribution in [-0.4, -0.2) is 51.0 Å². The second-order valence-electron chi connectivity index (χ2n) is 7.29. The Balaban J connectivity index is 1.70. The maximum absolute atomic E-state index is 12.8. The Morgan fingerprint density at radius 1 is 1.17 bits per heavy atom. The van der Waals surface area contributed by atoms with Gasteiger partial charge >= 0.3 is 0 Å². The molecule has 2 aromatic carbocycles. The van der Waals surface area contributed by atoms with Crippen LogP contribution in [-0.2, 0) is 21.2 Å². The monoisotopic (exact) mass is 469 g/mol. The molecule has 1 aliphatic heterocycles. The van der Waals surface area contributed by atoms with E-state index in [9.17, 15) is 18.0 Å². The molecule has 10 heteroatoms. The first-order valence-corrected chi connectivity index (χ1v) is 11.7. The SMILES string of the molecule is C[C@H]1Cc2cc(C(=O)N(C)CC(=O)Nc3ccc(Cl)c(Cl)c3)ccc2N1S(C)(=O)=O. The minimum atomic E-state index is -3.40. The van der Waals surface area contributed by atoms with E-state index in [0.717, 1.165) is 11.8 Å². The normalized spacial score (nSPS) is 15.6. The van der Waals surface area contributed by atoms with E-state index in [0.29, 0.717) is 33.4 Å². The fraction of sp³-hybridized carbons (Fsp3) is 0.300. The standard InChI is InChI=1S/C20H21Cl2N3O4S/c1-12-8-14-9-13(4-7-18(14)25(12)30(3,28)29)20(27)24(2)11-19(26)23-15-5-6-16(21)17(22)10-15/h4-7,9-10,12H,8,11H2,1-3H3,(H,23,26)/t12-/m0/s1. The summed E-state index contributed by atoms with van der Waals surface area (Å²) in [5.74, 6) is -0.727. The van der Waals surface area contributed by atoms with Crippen LogP contribution in [0.4, 0.5) is 11.4 Å². The summed E-state index contributed by atoms with van der Waals surface area (Å²) in [5, 5.41) is 3.36. The summed E-state index contributed by atoms with van der Waals surface area (Å²) in [6.45, 7) is 1.66. The van der Waals surface area contributed by atoms with Crippen molar-refractivity contribution in [3.05, 3.63) is 57.6 Å². The van der Waals surface area contributed by atoms with Crippen molar-refractivity contribution in [2.75, 3.05) is 29.5 Å². The van der Waals surface area contributed by atoms with E-state index >= 15 is 0 Å². The maximum atomic E-state index is 12.8. The number of hydrogen-bond acceptors (Lipinski definition) is 4. The number of sulfonamides is 1. The van der Waals surface area contributed by atoms with Crippen molar-refractivity contribution >= 4 is 56.4 Å². The minimum Gasteiger partial charge on any atom is -0.332 e. The first-order chi connectivity index (χ1) is 14.0. The molecule has 3 rings (SSSR count). The lowest BCUT2D eigenvalue weighted by Crippen LogP contribution is -2.35. The average Bonchev–Trinajstić information content (AvgIpc) is 2.99. The highest BCUT2D eigenvalue weighted by atomic mass is 35.5. The van der Waals surface area contributed by atoms with E-state index in [-0.39, 0.29) is 24.4 Å². The molecule has 0 fully saturated rings. The van der Waals surface area contributed by atoms with Gasteiger partial charge in [-0.15, -0.1) is 0 Å². The van der Waals surface area contributed by atoms with E-state index in [1.165, 1.54) is 22.3 Å². The van der Waals surface area contributed by atoms with Crippen molar-refractivity contribution in [3.8, 4) is 0 Å². The van der Waals surface area contributed by atoms with Crippen molar-refractivity contribution in [2.45, 2.75) is 19.4 Å². The molecule has 160 valence electrons. The molecule has 0 radical (unpaired) electrons. The molecule has 0 aromatic heterocycles. The maximum Gasteiger partial charge on any atom is 0.254 e. The second-order valence-corrected chi connectivity index (χ2v) is 9.97. The lowest BCUT2D eigenvalue weighted by Gasteiger charge is -2.22. The van der Waals surface area contributed by atoms with E-state index in [1.54, 1.807) is 30.3 Å². The van der Waals surface area contributed by atoms with Crippen molar-refractivity contribution in [1.82, 2.24) is 4.90 Å². The number of amides is 2. The molecular formula is C20H21Cl2N3O4S. The minimum absolute atomic E-state index is 0.165. The zero-order valence-corrected chi connectivity index (χ0v) is 19.0. The van der Waals surface area contributed by atoms with E-state index in [1.807, 2.05) is 6.92 Å². The van der Waals surface area contributed by atoms with Crippen LogP contribution in [0.3, 0.4) is 0 Å². The molecular weight excluding hydrogens is 449 g/mol. The molecule has 2 aromatic rings. The highest BCUT2D eigenvalue weighted by Gasteiger charge is 2.33. The largest absolute Gasteiger partial charge is 0.332 e. The van der Waals surface area contributed by atoms with Crippen LogP contribution in [0, 0.1) is 0 Å². The van der Waals surface area contributed by atoms with Gasteiger partial charge in [0.05, 0.1) is 28.5 Å². The van der Waals surface area contributed by atoms with Gasteiger partial charge in [-0.25, -0.2) is 8.42 Å². The molecule has 0 unspecified atom stereocenters. The van der Waals surface area contributed by atoms with Crippen LogP contribution in [0.25, 0.3) is 0 Å². The van der Waals surface area contributed by atoms with E-state index in [2.05, 4.69) is 5.32 Å². The number of halogens is 2. The molecule has 1 aliphatic rings. The smallest absolute Gasteiger partial charge is 0.254 e. The molecule has 0 saturated heterocycles. The number of anilines is 2. The summed E-state index contributed by atoms with van der Waals surface area (Å²) < 4.78 is 25.4. The highest BCUT2D eigenvalue weighted by Crippen LogP contribution is 2.34. The number of nitrogens with zero attached hydrogens (tertiary/aromatic N) is 2. The topological polar surface area (TPSA) is 86.8 Å². The Hall–Kier alpha value is -2.29. The number of carbonyl (C=O) groups excluding carboxylic acids is 2. The molecule has 30 heavy (non-hydrogen) atoms. The summed E-state index contributed by atoms with van der Waals surface area (Å²) >= 11 is 11.8. The Morgan fingerprint density at radius 2 is 1.87 bits per heavy atom. The van der Waals surface area contributed by atoms with Crippen molar-refractivity contribution in [3.63, 3.8) is 0 Å². The Labute approximate surface area is 185 Å². The summed E-state index contributed by atoms with van der Waals surface area (Å²) in [5.41, 5.74) is 2.23. The summed E-state index contributed by atoms with van der Waals surface area (Å²) in [6, 6.07) is 9.39. The molecule has 0 spiro atoms. The van der Waals surface area contributed by atoms with Gasteiger partial charge in [-0.1, -0.05) is 23.2 Å². The van der Waals surface area contributed by atoms with Gasteiger partial charge in [-0.05, 0) is 55.3 Å². The molecule has 7 nitrogen and oxygen atoms in total. The van der Waals surface area contributed by atoms with Gasteiger partial charge in [0.2, 0.25) is 15.9 Å². The number of likely N-dealkylation sites (N-methyl/N-ethyl adjacent to an activating group) is 1. The van der Waals surface area contributed by atoms with Gasteiger partial charge in [0.1, 0.15) is 0 Å². The Morgan fingerprint density at radius 3 is 2.50 bits per heavy atom. The summed E-state index contributed by atoms with van der Waals surface area (Å²) in [4.78, 5) is 26.3. The molecule has 1 atom stereocenters. The van der Waals surface area contributed by atoms with Crippen LogP contribution >= 0.6 is 23.2 Å². The summed E-state index contributed by atoms with van der Waals surface area (Å²) in [7, 11) is -1.88. The fourth-order valence-electron chi connectivity index (χ4n) is 3.52. The fourth-order valence-corrected chi connectivity index (χ4v) is 5.08. The lowest BCUT2D eigenvalue weighted by molar-refractivity contribution is -0.116. The predicted octanol–water partition coefficient (Wildman–Crippen LogP) is 3.41. The van der Waals surface area contributed by atoms with E-state index < -0.39 is 10.0 Å². The zero-order valence-electron chi connectivity index (χ0n) is 16.6. The predicted molar refractivity (Wildman–Crippen MR) is 119 cm³/mol. The van der Waals surface area contributed by atoms with Crippen molar-refractivity contribution in [1.29, 1.82) is 0 Å². The van der Waals surface area contributed by atoms with Gasteiger partial charge < -0.3 is 10.2 Å². The molecule has 0 saturated carbocycles. The number of carbonyl (C=O) groups is 2. The lowest BCUT2D eigenvalue weighted by atomic mass is 10.1. The molecule has 1 N–H and O–H groups in total. The number of rotatable bonds is 5. The average molecular weight is 470 g/mol. The van der Waals surface area contributed by atoms with Crippen LogP contribution < -0.4 is 9.62 Å². The van der Waals surface area contributed by atoms with Crippen LogP contribution in [0.5, 0.6) is 0 Å². The first kappa shape index (κ1) is 22.4. The number of benzene rings is 2. The third-order valence-corrected chi connectivity index (χ3v) is 6.78. The number of hydrogen-bond donors (Lipinski definition) is 1. The van der Waals surface area contributed by atoms with E-state index in [4.69, 9.17) is 23.2 Å². The van der Waals surface area contributed by atoms with Crippen LogP contribution in [0.1, 0.15) is 22.8 Å². The Kier molecular flexibility index (Phi) is 6.31. The molecule has 0 bridgehead atoms. The highest BCUT2D eigenvalue weighted by molar-refractivity contribution is 7.92. The van der Waals surface area contributed by atoms with Gasteiger partial charge in [-0.2, -0.15) is 0 Å². The molecule has 1 heterocycles. The summed E-state index contributed by atoms with van der Waals surface area (Å²) in [6.07, 6.45) is 1.68. The number of nitrogens with one attached hydrogen (secondary N) is 1. The van der Waals surface area contributed by atoms with Crippen LogP contribution in [0.15, 0.2) is 36.4 Å². The quantitative estimate of drug-likeness (QED) is 0.726. The van der Waals surface area contributed by atoms with Crippen molar-refractivity contribution < 1.29 is 18.0 Å². The van der Waals surface area contributed by atoms with Crippen LogP contribution in [0.2, 0.25) is 10.0 Å². The molecule has 2 amide bonds. The van der Waals surface area contributed by atoms with Gasteiger partial charge in [0.15, 0.2) is 0 Å². The third-order valence-electron chi connectivity index (χ3n) is 4.77. The first-order valence-electron chi connectivity index (χ1n) is 9.10. The van der Waals surface area contributed by atoms with Gasteiger partial charge in [0, 0.05) is 24.3 Å². The number of fused-ring (bicyclic) bond motifs is 1. The molecule has 0 aliphatic carbocycles. The second kappa shape index (κ2) is 8.45.